The molecule has 0 radical (unpaired) electrons. The minimum atomic E-state index is 0.829. The van der Waals surface area contributed by atoms with Gasteiger partial charge in [0.1, 0.15) is 5.82 Å². The predicted molar refractivity (Wildman–Crippen MR) is 89.3 cm³/mol. The van der Waals surface area contributed by atoms with E-state index in [1.807, 2.05) is 18.5 Å². The quantitative estimate of drug-likeness (QED) is 0.864. The molecule has 6 heteroatoms. The van der Waals surface area contributed by atoms with Gasteiger partial charge < -0.3 is 9.47 Å². The summed E-state index contributed by atoms with van der Waals surface area (Å²) in [7, 11) is 0. The largest absolute Gasteiger partial charge is 0.339 e. The zero-order valence-corrected chi connectivity index (χ0v) is 13.6. The van der Waals surface area contributed by atoms with Gasteiger partial charge in [0, 0.05) is 51.2 Å². The molecule has 0 bridgehead atoms. The topological polar surface area (TPSA) is 50.1 Å². The van der Waals surface area contributed by atoms with Crippen LogP contribution in [0.2, 0.25) is 0 Å². The molecule has 0 amide bonds. The van der Waals surface area contributed by atoms with Crippen LogP contribution in [0.1, 0.15) is 30.8 Å². The first-order valence-electron chi connectivity index (χ1n) is 8.68. The lowest BCUT2D eigenvalue weighted by Gasteiger charge is -2.26. The molecule has 1 fully saturated rings. The van der Waals surface area contributed by atoms with E-state index in [1.165, 1.54) is 43.9 Å². The average Bonchev–Trinajstić information content (AvgIpc) is 2.86. The third kappa shape index (κ3) is 3.22. The molecule has 4 rings (SSSR count). The van der Waals surface area contributed by atoms with Gasteiger partial charge in [-0.15, -0.1) is 0 Å². The standard InChI is InChI=1S/C17H24N6/c1-2-8-21(9-3-1)14-15-13-20-16-5-10-22(11-12-23(15)16)17-18-6-4-7-19-17/h4,6-7,13H,1-3,5,8-12,14H2. The van der Waals surface area contributed by atoms with Gasteiger partial charge in [0.05, 0.1) is 5.69 Å². The van der Waals surface area contributed by atoms with E-state index in [2.05, 4.69) is 35.5 Å². The molecule has 0 aliphatic carbocycles. The zero-order valence-electron chi connectivity index (χ0n) is 13.6. The Hall–Kier alpha value is -1.95. The van der Waals surface area contributed by atoms with E-state index in [0.29, 0.717) is 0 Å². The van der Waals surface area contributed by atoms with Crippen molar-refractivity contribution < 1.29 is 0 Å². The Kier molecular flexibility index (Phi) is 4.24. The van der Waals surface area contributed by atoms with Crippen LogP contribution < -0.4 is 4.90 Å². The molecular weight excluding hydrogens is 288 g/mol. The van der Waals surface area contributed by atoms with Crippen LogP contribution >= 0.6 is 0 Å². The molecule has 2 aromatic heterocycles. The number of anilines is 1. The summed E-state index contributed by atoms with van der Waals surface area (Å²) < 4.78 is 2.41. The van der Waals surface area contributed by atoms with Crippen LogP contribution in [0.5, 0.6) is 0 Å². The number of imidazole rings is 1. The molecule has 1 saturated heterocycles. The van der Waals surface area contributed by atoms with Gasteiger partial charge in [-0.25, -0.2) is 15.0 Å². The molecule has 122 valence electrons. The summed E-state index contributed by atoms with van der Waals surface area (Å²) in [5.41, 5.74) is 1.36. The van der Waals surface area contributed by atoms with E-state index in [4.69, 9.17) is 0 Å². The molecule has 2 aliphatic rings. The molecule has 23 heavy (non-hydrogen) atoms. The third-order valence-electron chi connectivity index (χ3n) is 4.89. The maximum absolute atomic E-state index is 4.68. The highest BCUT2D eigenvalue weighted by Crippen LogP contribution is 2.18. The van der Waals surface area contributed by atoms with E-state index >= 15 is 0 Å². The predicted octanol–water partition coefficient (Wildman–Crippen LogP) is 1.72. The number of rotatable bonds is 3. The van der Waals surface area contributed by atoms with Crippen LogP contribution in [0, 0.1) is 0 Å². The highest BCUT2D eigenvalue weighted by atomic mass is 15.3. The first-order valence-corrected chi connectivity index (χ1v) is 8.68. The van der Waals surface area contributed by atoms with Crippen molar-refractivity contribution in [3.8, 4) is 0 Å². The van der Waals surface area contributed by atoms with Gasteiger partial charge in [-0.1, -0.05) is 6.42 Å². The number of fused-ring (bicyclic) bond motifs is 1. The van der Waals surface area contributed by atoms with Gasteiger partial charge in [-0.3, -0.25) is 4.90 Å². The Morgan fingerprint density at radius 2 is 1.70 bits per heavy atom. The number of nitrogens with zero attached hydrogens (tertiary/aromatic N) is 6. The summed E-state index contributed by atoms with van der Waals surface area (Å²) in [5, 5.41) is 0. The molecule has 0 aromatic carbocycles. The minimum absolute atomic E-state index is 0.829. The lowest BCUT2D eigenvalue weighted by atomic mass is 10.1. The maximum atomic E-state index is 4.68. The SMILES string of the molecule is c1cnc(N2CCc3ncc(CN4CCCCC4)n3CC2)nc1. The number of hydrogen-bond donors (Lipinski definition) is 0. The summed E-state index contributed by atoms with van der Waals surface area (Å²) in [5.74, 6) is 2.03. The summed E-state index contributed by atoms with van der Waals surface area (Å²) >= 11 is 0. The van der Waals surface area contributed by atoms with E-state index in [9.17, 15) is 0 Å². The van der Waals surface area contributed by atoms with Crippen molar-refractivity contribution in [3.63, 3.8) is 0 Å². The van der Waals surface area contributed by atoms with Crippen molar-refractivity contribution in [1.82, 2.24) is 24.4 Å². The second-order valence-electron chi connectivity index (χ2n) is 6.44. The fraction of sp³-hybridized carbons (Fsp3) is 0.588. The van der Waals surface area contributed by atoms with Crippen molar-refractivity contribution in [1.29, 1.82) is 0 Å². The smallest absolute Gasteiger partial charge is 0.225 e. The van der Waals surface area contributed by atoms with Gasteiger partial charge in [-0.05, 0) is 32.0 Å². The summed E-state index contributed by atoms with van der Waals surface area (Å²) in [6, 6.07) is 1.86. The number of hydrogen-bond acceptors (Lipinski definition) is 5. The first kappa shape index (κ1) is 14.6. The van der Waals surface area contributed by atoms with Crippen molar-refractivity contribution in [2.45, 2.75) is 38.8 Å². The highest BCUT2D eigenvalue weighted by molar-refractivity contribution is 5.29. The molecule has 4 heterocycles. The molecule has 0 saturated carbocycles. The monoisotopic (exact) mass is 312 g/mol. The highest BCUT2D eigenvalue weighted by Gasteiger charge is 2.20. The van der Waals surface area contributed by atoms with Gasteiger partial charge in [0.15, 0.2) is 0 Å². The second-order valence-corrected chi connectivity index (χ2v) is 6.44. The first-order chi connectivity index (χ1) is 11.4. The summed E-state index contributed by atoms with van der Waals surface area (Å²) in [4.78, 5) is 18.3. The fourth-order valence-electron chi connectivity index (χ4n) is 3.62. The van der Waals surface area contributed by atoms with E-state index in [1.54, 1.807) is 0 Å². The van der Waals surface area contributed by atoms with E-state index in [-0.39, 0.29) is 0 Å². The fourth-order valence-corrected chi connectivity index (χ4v) is 3.62. The van der Waals surface area contributed by atoms with Crippen LogP contribution in [0.25, 0.3) is 0 Å². The number of piperidine rings is 1. The Morgan fingerprint density at radius 1 is 0.870 bits per heavy atom. The minimum Gasteiger partial charge on any atom is -0.339 e. The molecule has 0 spiro atoms. The molecule has 6 nitrogen and oxygen atoms in total. The number of likely N-dealkylation sites (tertiary alicyclic amines) is 1. The third-order valence-corrected chi connectivity index (χ3v) is 4.89. The van der Waals surface area contributed by atoms with Crippen molar-refractivity contribution >= 4 is 5.95 Å². The van der Waals surface area contributed by atoms with Crippen molar-refractivity contribution in [2.24, 2.45) is 0 Å². The molecule has 0 atom stereocenters. The van der Waals surface area contributed by atoms with Gasteiger partial charge in [0.25, 0.3) is 0 Å². The van der Waals surface area contributed by atoms with Crippen LogP contribution in [0.4, 0.5) is 5.95 Å². The summed E-state index contributed by atoms with van der Waals surface area (Å²) in [6.45, 7) is 6.34. The molecule has 0 N–H and O–H groups in total. The summed E-state index contributed by atoms with van der Waals surface area (Å²) in [6.07, 6.45) is 10.7. The Balaban J connectivity index is 1.46. The van der Waals surface area contributed by atoms with Gasteiger partial charge >= 0.3 is 0 Å². The van der Waals surface area contributed by atoms with Crippen LogP contribution in [0.3, 0.4) is 0 Å². The molecule has 2 aliphatic heterocycles. The molecule has 2 aromatic rings. The lowest BCUT2D eigenvalue weighted by Crippen LogP contribution is -2.31. The van der Waals surface area contributed by atoms with Crippen LogP contribution in [-0.4, -0.2) is 50.6 Å². The maximum Gasteiger partial charge on any atom is 0.225 e. The van der Waals surface area contributed by atoms with E-state index in [0.717, 1.165) is 38.5 Å². The number of aromatic nitrogens is 4. The van der Waals surface area contributed by atoms with Gasteiger partial charge in [-0.2, -0.15) is 0 Å². The van der Waals surface area contributed by atoms with Crippen molar-refractivity contribution in [2.75, 3.05) is 31.1 Å². The van der Waals surface area contributed by atoms with Crippen LogP contribution in [-0.2, 0) is 19.5 Å². The zero-order chi connectivity index (χ0) is 15.5. The molecular formula is C17H24N6. The average molecular weight is 312 g/mol. The second kappa shape index (κ2) is 6.66. The van der Waals surface area contributed by atoms with Gasteiger partial charge in [0.2, 0.25) is 5.95 Å². The Labute approximate surface area is 137 Å². The Bertz CT molecular complexity index is 632. The van der Waals surface area contributed by atoms with Crippen molar-refractivity contribution in [3.05, 3.63) is 36.2 Å². The Morgan fingerprint density at radius 3 is 2.52 bits per heavy atom. The lowest BCUT2D eigenvalue weighted by molar-refractivity contribution is 0.216. The van der Waals surface area contributed by atoms with Crippen LogP contribution in [0.15, 0.2) is 24.7 Å². The normalized spacial score (nSPS) is 19.4. The molecule has 0 unspecified atom stereocenters. The van der Waals surface area contributed by atoms with E-state index < -0.39 is 0 Å².